The number of nitrogens with zero attached hydrogens (tertiary/aromatic N) is 1. The zero-order valence-corrected chi connectivity index (χ0v) is 10.1. The number of carboxylic acid groups (broad SMARTS) is 1. The lowest BCUT2D eigenvalue weighted by Crippen LogP contribution is -2.47. The summed E-state index contributed by atoms with van der Waals surface area (Å²) in [6.45, 7) is 0. The highest BCUT2D eigenvalue weighted by Gasteiger charge is 2.41. The molecule has 0 aliphatic rings. The molecule has 10 heteroatoms. The quantitative estimate of drug-likeness (QED) is 0.862. The molecule has 1 heterocycles. The van der Waals surface area contributed by atoms with E-state index in [2.05, 4.69) is 25.6 Å². The highest BCUT2D eigenvalue weighted by molar-refractivity contribution is 9.10. The fourth-order valence-corrected chi connectivity index (χ4v) is 1.35. The van der Waals surface area contributed by atoms with Crippen molar-refractivity contribution < 1.29 is 32.4 Å². The normalized spacial score (nSPS) is 13.1. The van der Waals surface area contributed by atoms with Crippen molar-refractivity contribution in [3.8, 4) is 0 Å². The van der Waals surface area contributed by atoms with Crippen molar-refractivity contribution in [1.29, 1.82) is 0 Å². The minimum absolute atomic E-state index is 0.0248. The summed E-state index contributed by atoms with van der Waals surface area (Å²) in [6.07, 6.45) is -5.59. The number of carbonyl (C=O) groups excluding carboxylic acids is 1. The minimum atomic E-state index is -5.14. The third-order valence-corrected chi connectivity index (χ3v) is 2.17. The summed E-state index contributed by atoms with van der Waals surface area (Å²) in [7, 11) is 0. The van der Waals surface area contributed by atoms with Crippen LogP contribution in [-0.4, -0.2) is 34.4 Å². The number of aromatic nitrogens is 1. The molecule has 0 bridgehead atoms. The van der Waals surface area contributed by atoms with E-state index in [1.807, 2.05) is 0 Å². The Morgan fingerprint density at radius 3 is 2.56 bits per heavy atom. The molecule has 0 saturated carbocycles. The fourth-order valence-electron chi connectivity index (χ4n) is 1.03. The van der Waals surface area contributed by atoms with E-state index in [0.29, 0.717) is 0 Å². The first-order valence-electron chi connectivity index (χ1n) is 4.41. The summed E-state index contributed by atoms with van der Waals surface area (Å²) in [5.74, 6) is -3.91. The Hall–Kier alpha value is -1.58. The topological polar surface area (TPSA) is 92.4 Å². The number of carbonyl (C=O) groups is 2. The van der Waals surface area contributed by atoms with E-state index in [0.717, 1.165) is 0 Å². The molecule has 0 aliphatic carbocycles. The molecular weight excluding hydrogens is 325 g/mol. The van der Waals surface area contributed by atoms with Crippen molar-refractivity contribution in [3.05, 3.63) is 16.4 Å². The SMILES string of the molecule is O=C(O)C(Cc1cc(Br)no1)NC(=O)C(F)(F)F. The minimum Gasteiger partial charge on any atom is -0.480 e. The summed E-state index contributed by atoms with van der Waals surface area (Å²) in [5, 5.41) is 13.4. The number of hydrogen-bond donors (Lipinski definition) is 2. The molecule has 1 atom stereocenters. The average Bonchev–Trinajstić information content (AvgIpc) is 2.61. The average molecular weight is 331 g/mol. The fraction of sp³-hybridized carbons (Fsp3) is 0.375. The number of nitrogens with one attached hydrogen (secondary N) is 1. The van der Waals surface area contributed by atoms with Gasteiger partial charge in [0.05, 0.1) is 0 Å². The van der Waals surface area contributed by atoms with Crippen LogP contribution in [-0.2, 0) is 16.0 Å². The van der Waals surface area contributed by atoms with Crippen molar-refractivity contribution in [1.82, 2.24) is 10.5 Å². The molecule has 1 aromatic rings. The van der Waals surface area contributed by atoms with Crippen LogP contribution in [0.5, 0.6) is 0 Å². The van der Waals surface area contributed by atoms with Crippen LogP contribution in [0.2, 0.25) is 0 Å². The molecule has 1 rings (SSSR count). The van der Waals surface area contributed by atoms with Crippen LogP contribution >= 0.6 is 15.9 Å². The van der Waals surface area contributed by atoms with Crippen LogP contribution in [0.1, 0.15) is 5.76 Å². The lowest BCUT2D eigenvalue weighted by molar-refractivity contribution is -0.175. The van der Waals surface area contributed by atoms with Gasteiger partial charge in [-0.25, -0.2) is 4.79 Å². The van der Waals surface area contributed by atoms with Gasteiger partial charge in [0.2, 0.25) is 0 Å². The molecule has 0 aromatic carbocycles. The number of alkyl halides is 3. The summed E-state index contributed by atoms with van der Waals surface area (Å²) >= 11 is 2.92. The Bertz CT molecular complexity index is 459. The second-order valence-electron chi connectivity index (χ2n) is 3.18. The van der Waals surface area contributed by atoms with Gasteiger partial charge in [0.25, 0.3) is 0 Å². The van der Waals surface area contributed by atoms with Crippen molar-refractivity contribution in [3.63, 3.8) is 0 Å². The Morgan fingerprint density at radius 1 is 1.56 bits per heavy atom. The number of halogens is 4. The summed E-state index contributed by atoms with van der Waals surface area (Å²) in [6, 6.07) is -0.464. The van der Waals surface area contributed by atoms with Crippen LogP contribution in [0.3, 0.4) is 0 Å². The molecule has 1 aromatic heterocycles. The number of aliphatic carboxylic acids is 1. The first-order chi connectivity index (χ1) is 8.20. The molecule has 0 fully saturated rings. The first kappa shape index (κ1) is 14.5. The van der Waals surface area contributed by atoms with E-state index in [4.69, 9.17) is 5.11 Å². The van der Waals surface area contributed by atoms with Gasteiger partial charge < -0.3 is 14.9 Å². The predicted octanol–water partition coefficient (Wildman–Crippen LogP) is 1.11. The van der Waals surface area contributed by atoms with E-state index in [1.165, 1.54) is 11.4 Å². The highest BCUT2D eigenvalue weighted by atomic mass is 79.9. The van der Waals surface area contributed by atoms with Gasteiger partial charge in [-0.1, -0.05) is 5.16 Å². The van der Waals surface area contributed by atoms with E-state index in [9.17, 15) is 22.8 Å². The van der Waals surface area contributed by atoms with E-state index >= 15 is 0 Å². The van der Waals surface area contributed by atoms with Crippen molar-refractivity contribution >= 4 is 27.8 Å². The molecule has 0 aliphatic heterocycles. The van der Waals surface area contributed by atoms with Crippen molar-refractivity contribution in [2.24, 2.45) is 0 Å². The maximum atomic E-state index is 12.0. The molecule has 6 nitrogen and oxygen atoms in total. The maximum absolute atomic E-state index is 12.0. The lowest BCUT2D eigenvalue weighted by Gasteiger charge is -2.14. The number of carboxylic acids is 1. The predicted molar refractivity (Wildman–Crippen MR) is 53.5 cm³/mol. The van der Waals surface area contributed by atoms with Gasteiger partial charge in [0.1, 0.15) is 16.4 Å². The molecular formula is C8H6BrF3N2O4. The second-order valence-corrected chi connectivity index (χ2v) is 3.99. The summed E-state index contributed by atoms with van der Waals surface area (Å²) in [5.41, 5.74) is 0. The Kier molecular flexibility index (Phi) is 4.33. The van der Waals surface area contributed by atoms with E-state index in [1.54, 1.807) is 0 Å². The van der Waals surface area contributed by atoms with Crippen LogP contribution in [0.4, 0.5) is 13.2 Å². The van der Waals surface area contributed by atoms with Gasteiger partial charge in [-0.2, -0.15) is 13.2 Å². The van der Waals surface area contributed by atoms with Gasteiger partial charge in [-0.3, -0.25) is 4.79 Å². The number of amides is 1. The molecule has 18 heavy (non-hydrogen) atoms. The molecule has 1 unspecified atom stereocenters. The standard InChI is InChI=1S/C8H6BrF3N2O4/c9-5-2-3(18-14-5)1-4(6(15)16)13-7(17)8(10,11)12/h2,4H,1H2,(H,13,17)(H,15,16). The summed E-state index contributed by atoms with van der Waals surface area (Å²) in [4.78, 5) is 21.3. The van der Waals surface area contributed by atoms with Crippen molar-refractivity contribution in [2.75, 3.05) is 0 Å². The molecule has 2 N–H and O–H groups in total. The monoisotopic (exact) mass is 330 g/mol. The third-order valence-electron chi connectivity index (χ3n) is 1.80. The largest absolute Gasteiger partial charge is 0.480 e. The second kappa shape index (κ2) is 5.38. The van der Waals surface area contributed by atoms with Gasteiger partial charge in [-0.05, 0) is 15.9 Å². The Balaban J connectivity index is 2.73. The number of rotatable bonds is 4. The Labute approximate surface area is 106 Å². The van der Waals surface area contributed by atoms with Gasteiger partial charge in [0, 0.05) is 12.5 Å². The molecule has 0 spiro atoms. The zero-order chi connectivity index (χ0) is 13.9. The smallest absolute Gasteiger partial charge is 0.471 e. The highest BCUT2D eigenvalue weighted by Crippen LogP contribution is 2.16. The van der Waals surface area contributed by atoms with E-state index in [-0.39, 0.29) is 10.4 Å². The van der Waals surface area contributed by atoms with Gasteiger partial charge >= 0.3 is 18.1 Å². The van der Waals surface area contributed by atoms with Crippen LogP contribution in [0.15, 0.2) is 15.2 Å². The van der Waals surface area contributed by atoms with Crippen LogP contribution < -0.4 is 5.32 Å². The molecule has 0 saturated heterocycles. The van der Waals surface area contributed by atoms with Gasteiger partial charge in [-0.15, -0.1) is 0 Å². The maximum Gasteiger partial charge on any atom is 0.471 e. The number of hydrogen-bond acceptors (Lipinski definition) is 4. The lowest BCUT2D eigenvalue weighted by atomic mass is 10.1. The van der Waals surface area contributed by atoms with Crippen molar-refractivity contribution in [2.45, 2.75) is 18.6 Å². The first-order valence-corrected chi connectivity index (χ1v) is 5.21. The third kappa shape index (κ3) is 4.02. The van der Waals surface area contributed by atoms with Crippen LogP contribution in [0, 0.1) is 0 Å². The van der Waals surface area contributed by atoms with Gasteiger partial charge in [0.15, 0.2) is 0 Å². The van der Waals surface area contributed by atoms with E-state index < -0.39 is 30.5 Å². The molecule has 0 radical (unpaired) electrons. The zero-order valence-electron chi connectivity index (χ0n) is 8.49. The molecule has 1 amide bonds. The summed E-state index contributed by atoms with van der Waals surface area (Å²) < 4.78 is 40.8. The Morgan fingerprint density at radius 2 is 2.17 bits per heavy atom. The van der Waals surface area contributed by atoms with Crippen LogP contribution in [0.25, 0.3) is 0 Å². The molecule has 100 valence electrons.